The number of fused-ring (bicyclic) bond motifs is 1. The summed E-state index contributed by atoms with van der Waals surface area (Å²) in [6, 6.07) is 14.9. The molecule has 2 aromatic carbocycles. The molecule has 0 radical (unpaired) electrons. The van der Waals surface area contributed by atoms with Crippen LogP contribution >= 0.6 is 11.6 Å². The Balaban J connectivity index is 1.85. The molecule has 3 nitrogen and oxygen atoms in total. The minimum atomic E-state index is -0.221. The molecule has 0 aliphatic carbocycles. The zero-order valence-electron chi connectivity index (χ0n) is 12.4. The van der Waals surface area contributed by atoms with Crippen LogP contribution < -0.4 is 5.32 Å². The van der Waals surface area contributed by atoms with Gasteiger partial charge in [0.25, 0.3) is 5.91 Å². The van der Waals surface area contributed by atoms with Crippen LogP contribution in [0.5, 0.6) is 0 Å². The maximum atomic E-state index is 12.5. The van der Waals surface area contributed by atoms with Gasteiger partial charge in [-0.05, 0) is 37.6 Å². The SMILES string of the molecule is Cc1c(C(=O)N[C@H](C)c2cccc(Cl)c2)oc2ccccc12. The van der Waals surface area contributed by atoms with Gasteiger partial charge in [-0.25, -0.2) is 0 Å². The van der Waals surface area contributed by atoms with Gasteiger partial charge >= 0.3 is 0 Å². The van der Waals surface area contributed by atoms with E-state index in [1.165, 1.54) is 0 Å². The maximum Gasteiger partial charge on any atom is 0.287 e. The molecule has 0 saturated heterocycles. The van der Waals surface area contributed by atoms with Crippen LogP contribution in [0.25, 0.3) is 11.0 Å². The number of halogens is 1. The fourth-order valence-corrected chi connectivity index (χ4v) is 2.71. The standard InChI is InChI=1S/C18H16ClNO2/c1-11-15-8-3-4-9-16(15)22-17(11)18(21)20-12(2)13-6-5-7-14(19)10-13/h3-10,12H,1-2H3,(H,20,21)/t12-/m1/s1. The minimum Gasteiger partial charge on any atom is -0.451 e. The summed E-state index contributed by atoms with van der Waals surface area (Å²) >= 11 is 5.99. The van der Waals surface area contributed by atoms with E-state index >= 15 is 0 Å². The zero-order chi connectivity index (χ0) is 15.7. The highest BCUT2D eigenvalue weighted by molar-refractivity contribution is 6.30. The Labute approximate surface area is 133 Å². The van der Waals surface area contributed by atoms with Crippen LogP contribution in [0.1, 0.15) is 34.6 Å². The monoisotopic (exact) mass is 313 g/mol. The normalized spacial score (nSPS) is 12.3. The summed E-state index contributed by atoms with van der Waals surface area (Å²) < 4.78 is 5.68. The van der Waals surface area contributed by atoms with Crippen molar-refractivity contribution in [2.45, 2.75) is 19.9 Å². The molecule has 4 heteroatoms. The lowest BCUT2D eigenvalue weighted by molar-refractivity contribution is 0.0913. The zero-order valence-corrected chi connectivity index (χ0v) is 13.1. The second-order valence-electron chi connectivity index (χ2n) is 5.30. The number of carbonyl (C=O) groups is 1. The number of furan rings is 1. The van der Waals surface area contributed by atoms with E-state index in [-0.39, 0.29) is 11.9 Å². The Bertz CT molecular complexity index is 838. The van der Waals surface area contributed by atoms with Crippen molar-refractivity contribution in [3.8, 4) is 0 Å². The molecule has 0 aliphatic rings. The van der Waals surface area contributed by atoms with Crippen molar-refractivity contribution in [2.24, 2.45) is 0 Å². The van der Waals surface area contributed by atoms with Crippen molar-refractivity contribution in [1.82, 2.24) is 5.32 Å². The lowest BCUT2D eigenvalue weighted by Gasteiger charge is -2.14. The van der Waals surface area contributed by atoms with Crippen molar-refractivity contribution in [1.29, 1.82) is 0 Å². The molecule has 1 aromatic heterocycles. The van der Waals surface area contributed by atoms with Gasteiger partial charge in [0.15, 0.2) is 5.76 Å². The number of carbonyl (C=O) groups excluding carboxylic acids is 1. The van der Waals surface area contributed by atoms with Gasteiger partial charge in [0.2, 0.25) is 0 Å². The van der Waals surface area contributed by atoms with Gasteiger partial charge in [-0.1, -0.05) is 41.9 Å². The Hall–Kier alpha value is -2.26. The van der Waals surface area contributed by atoms with Gasteiger partial charge in [-0.15, -0.1) is 0 Å². The first-order valence-electron chi connectivity index (χ1n) is 7.10. The van der Waals surface area contributed by atoms with Crippen molar-refractivity contribution >= 4 is 28.5 Å². The molecule has 112 valence electrons. The molecule has 1 amide bonds. The van der Waals surface area contributed by atoms with Gasteiger partial charge in [0, 0.05) is 16.0 Å². The fraction of sp³-hybridized carbons (Fsp3) is 0.167. The summed E-state index contributed by atoms with van der Waals surface area (Å²) in [5.74, 6) is 0.135. The molecule has 1 N–H and O–H groups in total. The number of nitrogens with one attached hydrogen (secondary N) is 1. The third kappa shape index (κ3) is 2.72. The van der Waals surface area contributed by atoms with Crippen LogP contribution in [0.2, 0.25) is 5.02 Å². The summed E-state index contributed by atoms with van der Waals surface area (Å²) in [6.07, 6.45) is 0. The molecule has 3 aromatic rings. The number of para-hydroxylation sites is 1. The largest absolute Gasteiger partial charge is 0.451 e. The number of hydrogen-bond acceptors (Lipinski definition) is 2. The Kier molecular flexibility index (Phi) is 3.90. The van der Waals surface area contributed by atoms with Gasteiger partial charge in [-0.2, -0.15) is 0 Å². The third-order valence-electron chi connectivity index (χ3n) is 3.75. The van der Waals surface area contributed by atoms with E-state index in [4.69, 9.17) is 16.0 Å². The first kappa shape index (κ1) is 14.7. The molecule has 1 heterocycles. The van der Waals surface area contributed by atoms with Crippen molar-refractivity contribution in [3.63, 3.8) is 0 Å². The predicted molar refractivity (Wildman–Crippen MR) is 88.3 cm³/mol. The molecular formula is C18H16ClNO2. The van der Waals surface area contributed by atoms with Crippen LogP contribution in [-0.4, -0.2) is 5.91 Å². The first-order valence-corrected chi connectivity index (χ1v) is 7.48. The van der Waals surface area contributed by atoms with Crippen LogP contribution in [0.4, 0.5) is 0 Å². The van der Waals surface area contributed by atoms with E-state index in [0.717, 1.165) is 22.1 Å². The number of benzene rings is 2. The molecule has 3 rings (SSSR count). The molecule has 0 fully saturated rings. The van der Waals surface area contributed by atoms with Crippen LogP contribution in [-0.2, 0) is 0 Å². The fourth-order valence-electron chi connectivity index (χ4n) is 2.51. The van der Waals surface area contributed by atoms with E-state index < -0.39 is 0 Å². The quantitative estimate of drug-likeness (QED) is 0.748. The summed E-state index contributed by atoms with van der Waals surface area (Å²) in [7, 11) is 0. The lowest BCUT2D eigenvalue weighted by atomic mass is 10.1. The van der Waals surface area contributed by atoms with Crippen molar-refractivity contribution < 1.29 is 9.21 Å². The van der Waals surface area contributed by atoms with Gasteiger partial charge in [0.1, 0.15) is 5.58 Å². The topological polar surface area (TPSA) is 42.2 Å². The molecule has 1 atom stereocenters. The molecule has 0 spiro atoms. The van der Waals surface area contributed by atoms with E-state index in [2.05, 4.69) is 5.32 Å². The van der Waals surface area contributed by atoms with E-state index in [0.29, 0.717) is 10.8 Å². The van der Waals surface area contributed by atoms with Gasteiger partial charge in [0.05, 0.1) is 6.04 Å². The molecule has 0 unspecified atom stereocenters. The number of hydrogen-bond donors (Lipinski definition) is 1. The smallest absolute Gasteiger partial charge is 0.287 e. The average Bonchev–Trinajstić information content (AvgIpc) is 2.85. The molecule has 22 heavy (non-hydrogen) atoms. The van der Waals surface area contributed by atoms with E-state index in [1.807, 2.05) is 62.4 Å². The Morgan fingerprint density at radius 2 is 1.95 bits per heavy atom. The van der Waals surface area contributed by atoms with Crippen LogP contribution in [0, 0.1) is 6.92 Å². The number of aryl methyl sites for hydroxylation is 1. The lowest BCUT2D eigenvalue weighted by Crippen LogP contribution is -2.26. The molecule has 0 bridgehead atoms. The Morgan fingerprint density at radius 3 is 2.68 bits per heavy atom. The summed E-state index contributed by atoms with van der Waals surface area (Å²) in [5.41, 5.74) is 2.53. The average molecular weight is 314 g/mol. The first-order chi connectivity index (χ1) is 10.6. The summed E-state index contributed by atoms with van der Waals surface area (Å²) in [4.78, 5) is 12.5. The number of rotatable bonds is 3. The minimum absolute atomic E-state index is 0.154. The van der Waals surface area contributed by atoms with E-state index in [9.17, 15) is 4.79 Å². The van der Waals surface area contributed by atoms with Crippen molar-refractivity contribution in [2.75, 3.05) is 0 Å². The molecule has 0 saturated carbocycles. The Morgan fingerprint density at radius 1 is 1.18 bits per heavy atom. The highest BCUT2D eigenvalue weighted by atomic mass is 35.5. The van der Waals surface area contributed by atoms with Gasteiger partial charge < -0.3 is 9.73 Å². The van der Waals surface area contributed by atoms with Crippen LogP contribution in [0.15, 0.2) is 52.9 Å². The summed E-state index contributed by atoms with van der Waals surface area (Å²) in [5, 5.41) is 4.56. The molecular weight excluding hydrogens is 298 g/mol. The second kappa shape index (κ2) is 5.85. The van der Waals surface area contributed by atoms with Crippen molar-refractivity contribution in [3.05, 3.63) is 70.4 Å². The van der Waals surface area contributed by atoms with E-state index in [1.54, 1.807) is 0 Å². The second-order valence-corrected chi connectivity index (χ2v) is 5.74. The maximum absolute atomic E-state index is 12.5. The van der Waals surface area contributed by atoms with Crippen LogP contribution in [0.3, 0.4) is 0 Å². The highest BCUT2D eigenvalue weighted by Gasteiger charge is 2.19. The third-order valence-corrected chi connectivity index (χ3v) is 3.98. The van der Waals surface area contributed by atoms with Gasteiger partial charge in [-0.3, -0.25) is 4.79 Å². The molecule has 0 aliphatic heterocycles. The number of amides is 1. The highest BCUT2D eigenvalue weighted by Crippen LogP contribution is 2.25. The summed E-state index contributed by atoms with van der Waals surface area (Å²) in [6.45, 7) is 3.81. The predicted octanol–water partition coefficient (Wildman–Crippen LogP) is 4.89.